The maximum atomic E-state index is 13.1. The summed E-state index contributed by atoms with van der Waals surface area (Å²) in [5.41, 5.74) is 3.72. The van der Waals surface area contributed by atoms with Crippen LogP contribution < -0.4 is 10.3 Å². The van der Waals surface area contributed by atoms with Gasteiger partial charge in [0.15, 0.2) is 5.78 Å². The number of carbonyl (C=O) groups is 1. The molecule has 0 atom stereocenters. The second-order valence-electron chi connectivity index (χ2n) is 7.56. The number of hydrogen-bond acceptors (Lipinski definition) is 6. The highest BCUT2D eigenvalue weighted by atomic mass is 16.5. The minimum Gasteiger partial charge on any atom is -0.497 e. The second-order valence-corrected chi connectivity index (χ2v) is 7.56. The number of nitrogens with zero attached hydrogens (tertiary/aromatic N) is 3. The van der Waals surface area contributed by atoms with E-state index in [1.165, 1.54) is 6.07 Å². The molecule has 0 N–H and O–H groups in total. The molecule has 2 aromatic heterocycles. The van der Waals surface area contributed by atoms with Crippen molar-refractivity contribution in [1.82, 2.24) is 14.5 Å². The van der Waals surface area contributed by atoms with E-state index in [2.05, 4.69) is 9.97 Å². The summed E-state index contributed by atoms with van der Waals surface area (Å²) in [4.78, 5) is 34.6. The number of ether oxygens (including phenoxy) is 2. The minimum absolute atomic E-state index is 0.107. The molecule has 1 aliphatic rings. The Morgan fingerprint density at radius 3 is 2.68 bits per heavy atom. The van der Waals surface area contributed by atoms with Crippen LogP contribution in [0.2, 0.25) is 0 Å². The van der Waals surface area contributed by atoms with Crippen LogP contribution in [0.3, 0.4) is 0 Å². The predicted molar refractivity (Wildman–Crippen MR) is 116 cm³/mol. The van der Waals surface area contributed by atoms with Crippen molar-refractivity contribution in [3.05, 3.63) is 86.9 Å². The number of methoxy groups -OCH3 is 1. The average molecular weight is 419 g/mol. The Balaban J connectivity index is 1.71. The third-order valence-corrected chi connectivity index (χ3v) is 5.49. The predicted octanol–water partition coefficient (Wildman–Crippen LogP) is 2.54. The molecule has 0 saturated carbocycles. The Morgan fingerprint density at radius 1 is 1.16 bits per heavy atom. The molecule has 1 aromatic carbocycles. The van der Waals surface area contributed by atoms with Crippen molar-refractivity contribution >= 4 is 5.78 Å². The van der Waals surface area contributed by atoms with E-state index in [1.807, 2.05) is 24.3 Å². The molecule has 7 nitrogen and oxygen atoms in total. The monoisotopic (exact) mass is 419 g/mol. The lowest BCUT2D eigenvalue weighted by molar-refractivity contribution is 0.0990. The second kappa shape index (κ2) is 9.22. The first-order chi connectivity index (χ1) is 15.0. The van der Waals surface area contributed by atoms with E-state index in [0.29, 0.717) is 49.7 Å². The largest absolute Gasteiger partial charge is 0.497 e. The molecular weight excluding hydrogens is 394 g/mol. The summed E-state index contributed by atoms with van der Waals surface area (Å²) in [6.45, 7) is 3.28. The molecule has 7 heteroatoms. The van der Waals surface area contributed by atoms with Crippen LogP contribution in [0.1, 0.15) is 38.7 Å². The Kier molecular flexibility index (Phi) is 6.23. The average Bonchev–Trinajstić information content (AvgIpc) is 3.02. The van der Waals surface area contributed by atoms with Crippen molar-refractivity contribution in [2.45, 2.75) is 32.7 Å². The normalized spacial score (nSPS) is 13.4. The summed E-state index contributed by atoms with van der Waals surface area (Å²) in [5, 5.41) is 0. The SMILES string of the molecule is COc1ccc(Cn2c3c(c(C(=O)Cc4ccnc(C)n4)cc2=O)CCOCC3)cc1. The summed E-state index contributed by atoms with van der Waals surface area (Å²) < 4.78 is 12.6. The van der Waals surface area contributed by atoms with Gasteiger partial charge in [-0.15, -0.1) is 0 Å². The molecule has 0 unspecified atom stereocenters. The summed E-state index contributed by atoms with van der Waals surface area (Å²) >= 11 is 0. The van der Waals surface area contributed by atoms with E-state index in [4.69, 9.17) is 9.47 Å². The first-order valence-electron chi connectivity index (χ1n) is 10.3. The fraction of sp³-hybridized carbons (Fsp3) is 0.333. The van der Waals surface area contributed by atoms with Crippen LogP contribution in [0.5, 0.6) is 5.75 Å². The van der Waals surface area contributed by atoms with Crippen LogP contribution in [0.25, 0.3) is 0 Å². The van der Waals surface area contributed by atoms with Gasteiger partial charge in [-0.2, -0.15) is 0 Å². The molecule has 0 bridgehead atoms. The maximum absolute atomic E-state index is 13.1. The fourth-order valence-corrected chi connectivity index (χ4v) is 3.95. The van der Waals surface area contributed by atoms with Gasteiger partial charge in [-0.1, -0.05) is 12.1 Å². The number of pyridine rings is 1. The molecule has 3 heterocycles. The van der Waals surface area contributed by atoms with Gasteiger partial charge in [0.2, 0.25) is 0 Å². The van der Waals surface area contributed by atoms with Gasteiger partial charge in [-0.3, -0.25) is 9.59 Å². The highest BCUT2D eigenvalue weighted by molar-refractivity contribution is 5.98. The van der Waals surface area contributed by atoms with Gasteiger partial charge in [0.05, 0.1) is 39.0 Å². The summed E-state index contributed by atoms with van der Waals surface area (Å²) in [5.74, 6) is 1.28. The van der Waals surface area contributed by atoms with Crippen molar-refractivity contribution in [2.75, 3.05) is 20.3 Å². The number of ketones is 1. The van der Waals surface area contributed by atoms with Gasteiger partial charge in [-0.05, 0) is 42.7 Å². The zero-order chi connectivity index (χ0) is 21.8. The topological polar surface area (TPSA) is 83.3 Å². The Hall–Kier alpha value is -3.32. The van der Waals surface area contributed by atoms with Gasteiger partial charge in [0.1, 0.15) is 11.6 Å². The van der Waals surface area contributed by atoms with E-state index in [9.17, 15) is 9.59 Å². The van der Waals surface area contributed by atoms with E-state index < -0.39 is 0 Å². The molecule has 3 aromatic rings. The van der Waals surface area contributed by atoms with Crippen LogP contribution in [0.15, 0.2) is 47.4 Å². The van der Waals surface area contributed by atoms with Gasteiger partial charge >= 0.3 is 0 Å². The van der Waals surface area contributed by atoms with Crippen LogP contribution in [0, 0.1) is 6.92 Å². The number of carbonyl (C=O) groups excluding carboxylic acids is 1. The quantitative estimate of drug-likeness (QED) is 0.571. The Morgan fingerprint density at radius 2 is 1.94 bits per heavy atom. The number of fused-ring (bicyclic) bond motifs is 1. The number of aromatic nitrogens is 3. The number of Topliss-reactive ketones (excluding diaryl/α,β-unsaturated/α-hetero) is 1. The van der Waals surface area contributed by atoms with Crippen LogP contribution in [-0.2, 0) is 30.5 Å². The minimum atomic E-state index is -0.182. The lowest BCUT2D eigenvalue weighted by Gasteiger charge is -2.18. The lowest BCUT2D eigenvalue weighted by Crippen LogP contribution is -2.28. The fourth-order valence-electron chi connectivity index (χ4n) is 3.95. The number of benzene rings is 1. The highest BCUT2D eigenvalue weighted by Crippen LogP contribution is 2.21. The Labute approximate surface area is 180 Å². The van der Waals surface area contributed by atoms with Crippen molar-refractivity contribution in [1.29, 1.82) is 0 Å². The van der Waals surface area contributed by atoms with Gasteiger partial charge in [0.25, 0.3) is 5.56 Å². The summed E-state index contributed by atoms with van der Waals surface area (Å²) in [7, 11) is 1.62. The van der Waals surface area contributed by atoms with Crippen LogP contribution in [-0.4, -0.2) is 40.6 Å². The first kappa shape index (κ1) is 20.9. The molecular formula is C24H25N3O4. The van der Waals surface area contributed by atoms with Crippen LogP contribution >= 0.6 is 0 Å². The molecule has 0 spiro atoms. The maximum Gasteiger partial charge on any atom is 0.251 e. The lowest BCUT2D eigenvalue weighted by atomic mass is 9.96. The zero-order valence-electron chi connectivity index (χ0n) is 17.8. The van der Waals surface area contributed by atoms with Crippen molar-refractivity contribution in [2.24, 2.45) is 0 Å². The standard InChI is InChI=1S/C24H25N3O4/c1-16-25-10-7-18(26-16)13-23(28)21-14-24(29)27(22-9-12-31-11-8-20(21)22)15-17-3-5-19(30-2)6-4-17/h3-7,10,14H,8-9,11-13,15H2,1-2H3. The molecule has 0 aliphatic carbocycles. The van der Waals surface area contributed by atoms with Gasteiger partial charge in [-0.25, -0.2) is 9.97 Å². The third kappa shape index (κ3) is 4.72. The molecule has 0 fully saturated rings. The molecule has 0 amide bonds. The smallest absolute Gasteiger partial charge is 0.251 e. The van der Waals surface area contributed by atoms with Crippen LogP contribution in [0.4, 0.5) is 0 Å². The van der Waals surface area contributed by atoms with Crippen molar-refractivity contribution in [3.63, 3.8) is 0 Å². The molecule has 0 saturated heterocycles. The first-order valence-corrected chi connectivity index (χ1v) is 10.3. The summed E-state index contributed by atoms with van der Waals surface area (Å²) in [6, 6.07) is 10.9. The zero-order valence-corrected chi connectivity index (χ0v) is 17.8. The van der Waals surface area contributed by atoms with E-state index in [0.717, 1.165) is 22.6 Å². The molecule has 1 aliphatic heterocycles. The van der Waals surface area contributed by atoms with Gasteiger partial charge in [0, 0.05) is 29.9 Å². The van der Waals surface area contributed by atoms with Gasteiger partial charge < -0.3 is 14.0 Å². The molecule has 31 heavy (non-hydrogen) atoms. The van der Waals surface area contributed by atoms with E-state index in [-0.39, 0.29) is 17.8 Å². The molecule has 4 rings (SSSR count). The van der Waals surface area contributed by atoms with Crippen molar-refractivity contribution in [3.8, 4) is 5.75 Å². The Bertz CT molecular complexity index is 1150. The number of aryl methyl sites for hydroxylation is 1. The number of hydrogen-bond donors (Lipinski definition) is 0. The van der Waals surface area contributed by atoms with Crippen molar-refractivity contribution < 1.29 is 14.3 Å². The highest BCUT2D eigenvalue weighted by Gasteiger charge is 2.22. The van der Waals surface area contributed by atoms with E-state index in [1.54, 1.807) is 30.9 Å². The van der Waals surface area contributed by atoms with E-state index >= 15 is 0 Å². The molecule has 160 valence electrons. The number of rotatable bonds is 6. The molecule has 0 radical (unpaired) electrons. The summed E-state index contributed by atoms with van der Waals surface area (Å²) in [6.07, 6.45) is 2.97. The third-order valence-electron chi connectivity index (χ3n) is 5.49.